The van der Waals surface area contributed by atoms with Crippen molar-refractivity contribution in [2.45, 2.75) is 19.8 Å². The largest absolute Gasteiger partial charge is 0.464 e. The molecular formula is C9H19NO3. The van der Waals surface area contributed by atoms with Crippen LogP contribution in [0.2, 0.25) is 0 Å². The number of carbonyl (C=O) groups excluding carboxylic acids is 1. The molecule has 0 aromatic heterocycles. The van der Waals surface area contributed by atoms with Crippen LogP contribution in [-0.4, -0.2) is 39.4 Å². The van der Waals surface area contributed by atoms with Crippen molar-refractivity contribution in [3.05, 3.63) is 0 Å². The SMILES string of the molecule is CCCCOC(=O)COCCNC. The van der Waals surface area contributed by atoms with Crippen molar-refractivity contribution in [3.8, 4) is 0 Å². The first-order valence-corrected chi connectivity index (χ1v) is 4.69. The van der Waals surface area contributed by atoms with Gasteiger partial charge in [-0.05, 0) is 13.5 Å². The first-order chi connectivity index (χ1) is 6.31. The van der Waals surface area contributed by atoms with E-state index in [9.17, 15) is 4.79 Å². The monoisotopic (exact) mass is 189 g/mol. The van der Waals surface area contributed by atoms with Gasteiger partial charge in [0.15, 0.2) is 0 Å². The van der Waals surface area contributed by atoms with E-state index < -0.39 is 0 Å². The van der Waals surface area contributed by atoms with Crippen LogP contribution in [0, 0.1) is 0 Å². The fourth-order valence-electron chi connectivity index (χ4n) is 0.702. The van der Waals surface area contributed by atoms with Crippen LogP contribution in [0.5, 0.6) is 0 Å². The standard InChI is InChI=1S/C9H19NO3/c1-3-4-6-13-9(11)8-12-7-5-10-2/h10H,3-8H2,1-2H3. The van der Waals surface area contributed by atoms with E-state index in [1.807, 2.05) is 7.05 Å². The Bertz CT molecular complexity index is 128. The zero-order valence-electron chi connectivity index (χ0n) is 8.47. The lowest BCUT2D eigenvalue weighted by Crippen LogP contribution is -2.19. The molecule has 0 heterocycles. The summed E-state index contributed by atoms with van der Waals surface area (Å²) in [6, 6.07) is 0. The maximum atomic E-state index is 10.9. The highest BCUT2D eigenvalue weighted by molar-refractivity contribution is 5.70. The number of esters is 1. The summed E-state index contributed by atoms with van der Waals surface area (Å²) in [7, 11) is 1.84. The average molecular weight is 189 g/mol. The van der Waals surface area contributed by atoms with Crippen molar-refractivity contribution in [3.63, 3.8) is 0 Å². The van der Waals surface area contributed by atoms with E-state index in [1.54, 1.807) is 0 Å². The molecule has 0 unspecified atom stereocenters. The Morgan fingerprint density at radius 3 is 2.77 bits per heavy atom. The molecular weight excluding hydrogens is 170 g/mol. The Morgan fingerprint density at radius 1 is 1.38 bits per heavy atom. The molecule has 0 aromatic carbocycles. The van der Waals surface area contributed by atoms with Crippen LogP contribution >= 0.6 is 0 Å². The molecule has 0 atom stereocenters. The lowest BCUT2D eigenvalue weighted by molar-refractivity contribution is -0.149. The van der Waals surface area contributed by atoms with Crippen LogP contribution in [0.4, 0.5) is 0 Å². The highest BCUT2D eigenvalue weighted by Crippen LogP contribution is 1.89. The smallest absolute Gasteiger partial charge is 0.332 e. The van der Waals surface area contributed by atoms with Crippen LogP contribution in [-0.2, 0) is 14.3 Å². The van der Waals surface area contributed by atoms with Gasteiger partial charge in [0.1, 0.15) is 6.61 Å². The molecule has 0 saturated carbocycles. The van der Waals surface area contributed by atoms with E-state index in [1.165, 1.54) is 0 Å². The minimum Gasteiger partial charge on any atom is -0.464 e. The molecule has 4 heteroatoms. The van der Waals surface area contributed by atoms with Gasteiger partial charge in [0.05, 0.1) is 13.2 Å². The minimum atomic E-state index is -0.274. The van der Waals surface area contributed by atoms with Gasteiger partial charge in [-0.15, -0.1) is 0 Å². The van der Waals surface area contributed by atoms with Crippen molar-refractivity contribution < 1.29 is 14.3 Å². The number of hydrogen-bond acceptors (Lipinski definition) is 4. The van der Waals surface area contributed by atoms with E-state index in [2.05, 4.69) is 12.2 Å². The first-order valence-electron chi connectivity index (χ1n) is 4.69. The molecule has 13 heavy (non-hydrogen) atoms. The quantitative estimate of drug-likeness (QED) is 0.448. The molecule has 78 valence electrons. The Balaban J connectivity index is 3.11. The van der Waals surface area contributed by atoms with Crippen LogP contribution in [0.15, 0.2) is 0 Å². The lowest BCUT2D eigenvalue weighted by atomic mass is 10.4. The molecule has 0 aliphatic rings. The van der Waals surface area contributed by atoms with Crippen molar-refractivity contribution in [2.24, 2.45) is 0 Å². The number of ether oxygens (including phenoxy) is 2. The average Bonchev–Trinajstić information content (AvgIpc) is 2.13. The Kier molecular flexibility index (Phi) is 9.03. The molecule has 0 aromatic rings. The van der Waals surface area contributed by atoms with E-state index in [0.29, 0.717) is 13.2 Å². The molecule has 0 rings (SSSR count). The third-order valence-corrected chi connectivity index (χ3v) is 1.48. The Labute approximate surface area is 79.6 Å². The third kappa shape index (κ3) is 9.30. The topological polar surface area (TPSA) is 47.6 Å². The maximum Gasteiger partial charge on any atom is 0.332 e. The predicted molar refractivity (Wildman–Crippen MR) is 50.6 cm³/mol. The summed E-state index contributed by atoms with van der Waals surface area (Å²) in [5.74, 6) is -0.274. The number of hydrogen-bond donors (Lipinski definition) is 1. The number of unbranched alkanes of at least 4 members (excludes halogenated alkanes) is 1. The van der Waals surface area contributed by atoms with E-state index in [4.69, 9.17) is 9.47 Å². The fourth-order valence-corrected chi connectivity index (χ4v) is 0.702. The summed E-state index contributed by atoms with van der Waals surface area (Å²) >= 11 is 0. The second-order valence-corrected chi connectivity index (χ2v) is 2.73. The predicted octanol–water partition coefficient (Wildman–Crippen LogP) is 0.566. The zero-order valence-corrected chi connectivity index (χ0v) is 8.47. The highest BCUT2D eigenvalue weighted by Gasteiger charge is 2.00. The van der Waals surface area contributed by atoms with Crippen LogP contribution in [0.3, 0.4) is 0 Å². The molecule has 0 saturated heterocycles. The summed E-state index contributed by atoms with van der Waals surface area (Å²) in [5, 5.41) is 2.92. The summed E-state index contributed by atoms with van der Waals surface area (Å²) in [4.78, 5) is 10.9. The number of rotatable bonds is 8. The second kappa shape index (κ2) is 9.48. The minimum absolute atomic E-state index is 0.0609. The summed E-state index contributed by atoms with van der Waals surface area (Å²) in [5.41, 5.74) is 0. The molecule has 0 spiro atoms. The normalized spacial score (nSPS) is 10.0. The van der Waals surface area contributed by atoms with Crippen molar-refractivity contribution in [2.75, 3.05) is 33.4 Å². The van der Waals surface area contributed by atoms with Crippen LogP contribution < -0.4 is 5.32 Å². The molecule has 0 bridgehead atoms. The summed E-state index contributed by atoms with van der Waals surface area (Å²) in [6.07, 6.45) is 1.95. The lowest BCUT2D eigenvalue weighted by Gasteiger charge is -2.04. The third-order valence-electron chi connectivity index (χ3n) is 1.48. The van der Waals surface area contributed by atoms with Crippen LogP contribution in [0.1, 0.15) is 19.8 Å². The molecule has 0 fully saturated rings. The molecule has 1 N–H and O–H groups in total. The van der Waals surface area contributed by atoms with Gasteiger partial charge >= 0.3 is 5.97 Å². The van der Waals surface area contributed by atoms with Gasteiger partial charge in [-0.3, -0.25) is 0 Å². The van der Waals surface area contributed by atoms with E-state index >= 15 is 0 Å². The van der Waals surface area contributed by atoms with Gasteiger partial charge in [0, 0.05) is 6.54 Å². The van der Waals surface area contributed by atoms with E-state index in [0.717, 1.165) is 19.4 Å². The van der Waals surface area contributed by atoms with Gasteiger partial charge in [0.25, 0.3) is 0 Å². The Morgan fingerprint density at radius 2 is 2.15 bits per heavy atom. The van der Waals surface area contributed by atoms with Crippen LogP contribution in [0.25, 0.3) is 0 Å². The van der Waals surface area contributed by atoms with Crippen molar-refractivity contribution in [1.82, 2.24) is 5.32 Å². The molecule has 0 radical (unpaired) electrons. The molecule has 0 amide bonds. The molecule has 0 aliphatic carbocycles. The number of nitrogens with one attached hydrogen (secondary N) is 1. The van der Waals surface area contributed by atoms with Gasteiger partial charge < -0.3 is 14.8 Å². The second-order valence-electron chi connectivity index (χ2n) is 2.73. The van der Waals surface area contributed by atoms with Gasteiger partial charge in [-0.2, -0.15) is 0 Å². The Hall–Kier alpha value is -0.610. The number of carbonyl (C=O) groups is 1. The van der Waals surface area contributed by atoms with Gasteiger partial charge in [-0.25, -0.2) is 4.79 Å². The highest BCUT2D eigenvalue weighted by atomic mass is 16.6. The molecule has 4 nitrogen and oxygen atoms in total. The number of likely N-dealkylation sites (N-methyl/N-ethyl adjacent to an activating group) is 1. The zero-order chi connectivity index (χ0) is 9.94. The summed E-state index contributed by atoms with van der Waals surface area (Å²) < 4.78 is 9.91. The fraction of sp³-hybridized carbons (Fsp3) is 0.889. The van der Waals surface area contributed by atoms with Crippen molar-refractivity contribution >= 4 is 5.97 Å². The van der Waals surface area contributed by atoms with E-state index in [-0.39, 0.29) is 12.6 Å². The first kappa shape index (κ1) is 12.4. The maximum absolute atomic E-state index is 10.9. The van der Waals surface area contributed by atoms with Gasteiger partial charge in [-0.1, -0.05) is 13.3 Å². The van der Waals surface area contributed by atoms with Crippen molar-refractivity contribution in [1.29, 1.82) is 0 Å². The summed E-state index contributed by atoms with van der Waals surface area (Å²) in [6.45, 7) is 3.91. The van der Waals surface area contributed by atoms with Gasteiger partial charge in [0.2, 0.25) is 0 Å². The molecule has 0 aliphatic heterocycles.